The van der Waals surface area contributed by atoms with Crippen LogP contribution in [0.1, 0.15) is 0 Å². The summed E-state index contributed by atoms with van der Waals surface area (Å²) in [5.41, 5.74) is 0.787. The summed E-state index contributed by atoms with van der Waals surface area (Å²) in [6.45, 7) is 5.49. The van der Waals surface area contributed by atoms with Crippen molar-refractivity contribution < 1.29 is 18.4 Å². The molecule has 0 aromatic heterocycles. The largest absolute Gasteiger partial charge is 0.370 e. The first-order chi connectivity index (χ1) is 10.6. The monoisotopic (exact) mass is 348 g/mol. The van der Waals surface area contributed by atoms with E-state index < -0.39 is 5.76 Å². The van der Waals surface area contributed by atoms with E-state index in [9.17, 15) is 8.78 Å². The van der Waals surface area contributed by atoms with Crippen LogP contribution in [-0.2, 0) is 4.74 Å². The van der Waals surface area contributed by atoms with Gasteiger partial charge in [-0.05, 0) is 36.5 Å². The molecule has 0 unspecified atom stereocenters. The number of ether oxygens (including phenoxy) is 1. The van der Waals surface area contributed by atoms with Gasteiger partial charge in [0.2, 0.25) is 0 Å². The molecular formula is C14H20F2N3OS2+. The Morgan fingerprint density at radius 3 is 2.59 bits per heavy atom. The Hall–Kier alpha value is -0.960. The second kappa shape index (κ2) is 9.24. The molecule has 0 amide bonds. The van der Waals surface area contributed by atoms with E-state index >= 15 is 0 Å². The molecule has 0 radical (unpaired) electrons. The van der Waals surface area contributed by atoms with Crippen LogP contribution in [0.2, 0.25) is 0 Å². The molecule has 2 rings (SSSR count). The fourth-order valence-corrected chi connectivity index (χ4v) is 2.88. The molecule has 3 N–H and O–H groups in total. The zero-order valence-electron chi connectivity index (χ0n) is 12.1. The molecule has 4 nitrogen and oxygen atoms in total. The van der Waals surface area contributed by atoms with Crippen LogP contribution in [0.5, 0.6) is 0 Å². The van der Waals surface area contributed by atoms with Gasteiger partial charge in [0.05, 0.1) is 26.3 Å². The van der Waals surface area contributed by atoms with Crippen molar-refractivity contribution in [3.05, 3.63) is 24.3 Å². The topological polar surface area (TPSA) is 37.7 Å². The van der Waals surface area contributed by atoms with E-state index in [0.29, 0.717) is 21.8 Å². The van der Waals surface area contributed by atoms with E-state index in [-0.39, 0.29) is 0 Å². The van der Waals surface area contributed by atoms with Crippen molar-refractivity contribution in [3.63, 3.8) is 0 Å². The summed E-state index contributed by atoms with van der Waals surface area (Å²) in [5, 5.41) is 6.75. The number of morpholine rings is 1. The van der Waals surface area contributed by atoms with E-state index in [0.717, 1.165) is 45.1 Å². The van der Waals surface area contributed by atoms with Crippen LogP contribution in [0.25, 0.3) is 0 Å². The number of rotatable bonds is 6. The molecule has 1 aromatic rings. The van der Waals surface area contributed by atoms with Crippen molar-refractivity contribution in [3.8, 4) is 0 Å². The van der Waals surface area contributed by atoms with E-state index in [1.54, 1.807) is 24.3 Å². The van der Waals surface area contributed by atoms with Crippen LogP contribution < -0.4 is 15.5 Å². The molecule has 0 spiro atoms. The lowest BCUT2D eigenvalue weighted by atomic mass is 10.3. The van der Waals surface area contributed by atoms with Crippen molar-refractivity contribution in [2.45, 2.75) is 10.7 Å². The smallest absolute Gasteiger partial charge is 0.288 e. The molecule has 0 atom stereocenters. The molecule has 1 aliphatic rings. The number of hydrogen-bond donors (Lipinski definition) is 3. The quantitative estimate of drug-likeness (QED) is 0.532. The maximum atomic E-state index is 12.2. The summed E-state index contributed by atoms with van der Waals surface area (Å²) in [5.74, 6) is -2.40. The Morgan fingerprint density at radius 2 is 1.95 bits per heavy atom. The Balaban J connectivity index is 1.67. The van der Waals surface area contributed by atoms with Gasteiger partial charge >= 0.3 is 0 Å². The van der Waals surface area contributed by atoms with Gasteiger partial charge in [0.25, 0.3) is 5.76 Å². The number of halogens is 2. The van der Waals surface area contributed by atoms with E-state index in [1.807, 2.05) is 0 Å². The number of thioether (sulfide) groups is 1. The molecule has 1 heterocycles. The molecule has 0 aliphatic carbocycles. The van der Waals surface area contributed by atoms with Crippen LogP contribution in [-0.4, -0.2) is 50.3 Å². The Kier molecular flexibility index (Phi) is 7.31. The van der Waals surface area contributed by atoms with Crippen LogP contribution in [0, 0.1) is 0 Å². The Morgan fingerprint density at radius 1 is 1.27 bits per heavy atom. The minimum Gasteiger partial charge on any atom is -0.370 e. The average Bonchev–Trinajstić information content (AvgIpc) is 2.50. The van der Waals surface area contributed by atoms with Gasteiger partial charge in [-0.25, -0.2) is 0 Å². The number of nitrogens with one attached hydrogen (secondary N) is 3. The van der Waals surface area contributed by atoms with Gasteiger partial charge in [-0.3, -0.25) is 0 Å². The molecule has 1 saturated heterocycles. The zero-order chi connectivity index (χ0) is 15.8. The van der Waals surface area contributed by atoms with Gasteiger partial charge in [0.15, 0.2) is 5.11 Å². The fourth-order valence-electron chi connectivity index (χ4n) is 2.16. The van der Waals surface area contributed by atoms with Gasteiger partial charge in [-0.1, -0.05) is 11.8 Å². The van der Waals surface area contributed by atoms with Gasteiger partial charge in [0.1, 0.15) is 13.1 Å². The standard InChI is InChI=1S/C14H19F2N3OS2/c15-13(16)22-12-3-1-11(2-4-12)18-14(21)17-5-6-19-7-9-20-10-8-19/h1-4,13H,5-10H2,(H2,17,18,21)/p+1. The van der Waals surface area contributed by atoms with Crippen LogP contribution >= 0.6 is 24.0 Å². The van der Waals surface area contributed by atoms with E-state index in [1.165, 1.54) is 4.90 Å². The highest BCUT2D eigenvalue weighted by Gasteiger charge is 2.12. The number of thiocarbonyl (C=S) groups is 1. The van der Waals surface area contributed by atoms with Gasteiger partial charge in [-0.2, -0.15) is 8.78 Å². The minimum atomic E-state index is -2.40. The van der Waals surface area contributed by atoms with Crippen molar-refractivity contribution in [1.29, 1.82) is 0 Å². The predicted octanol–water partition coefficient (Wildman–Crippen LogP) is 1.20. The van der Waals surface area contributed by atoms with E-state index in [2.05, 4.69) is 10.6 Å². The third-order valence-electron chi connectivity index (χ3n) is 3.30. The molecule has 1 aromatic carbocycles. The van der Waals surface area contributed by atoms with Gasteiger partial charge < -0.3 is 20.3 Å². The summed E-state index contributed by atoms with van der Waals surface area (Å²) < 4.78 is 29.8. The highest BCUT2D eigenvalue weighted by Crippen LogP contribution is 2.26. The fraction of sp³-hybridized carbons (Fsp3) is 0.500. The number of hydrogen-bond acceptors (Lipinski definition) is 3. The van der Waals surface area contributed by atoms with Gasteiger partial charge in [-0.15, -0.1) is 0 Å². The number of alkyl halides is 2. The Bertz CT molecular complexity index is 468. The third kappa shape index (κ3) is 6.43. The number of benzene rings is 1. The summed E-state index contributed by atoms with van der Waals surface area (Å²) in [7, 11) is 0. The van der Waals surface area contributed by atoms with Crippen molar-refractivity contribution in [1.82, 2.24) is 5.32 Å². The first-order valence-electron chi connectivity index (χ1n) is 7.14. The second-order valence-corrected chi connectivity index (χ2v) is 6.37. The van der Waals surface area contributed by atoms with Crippen molar-refractivity contribution >= 4 is 34.8 Å². The number of quaternary nitrogens is 1. The zero-order valence-corrected chi connectivity index (χ0v) is 13.7. The van der Waals surface area contributed by atoms with Crippen LogP contribution in [0.3, 0.4) is 0 Å². The highest BCUT2D eigenvalue weighted by atomic mass is 32.2. The molecule has 1 aliphatic heterocycles. The second-order valence-electron chi connectivity index (χ2n) is 4.90. The molecular weight excluding hydrogens is 328 g/mol. The first-order valence-corrected chi connectivity index (χ1v) is 8.43. The molecule has 1 fully saturated rings. The van der Waals surface area contributed by atoms with Crippen LogP contribution in [0.15, 0.2) is 29.2 Å². The van der Waals surface area contributed by atoms with Crippen LogP contribution in [0.4, 0.5) is 14.5 Å². The normalized spacial score (nSPS) is 15.8. The molecule has 0 saturated carbocycles. The number of anilines is 1. The highest BCUT2D eigenvalue weighted by molar-refractivity contribution is 7.99. The maximum absolute atomic E-state index is 12.2. The van der Waals surface area contributed by atoms with Crippen molar-refractivity contribution in [2.75, 3.05) is 44.7 Å². The lowest BCUT2D eigenvalue weighted by molar-refractivity contribution is -0.906. The van der Waals surface area contributed by atoms with E-state index in [4.69, 9.17) is 17.0 Å². The molecule has 8 heteroatoms. The lowest BCUT2D eigenvalue weighted by Crippen LogP contribution is -3.14. The molecule has 0 bridgehead atoms. The maximum Gasteiger partial charge on any atom is 0.288 e. The van der Waals surface area contributed by atoms with Crippen molar-refractivity contribution in [2.24, 2.45) is 0 Å². The summed E-state index contributed by atoms with van der Waals surface area (Å²) in [6, 6.07) is 6.79. The third-order valence-corrected chi connectivity index (χ3v) is 4.27. The Labute approximate surface area is 138 Å². The summed E-state index contributed by atoms with van der Waals surface area (Å²) in [4.78, 5) is 2.05. The SMILES string of the molecule is FC(F)Sc1ccc(NC(=S)NCC[NH+]2CCOCC2)cc1. The molecule has 122 valence electrons. The minimum absolute atomic E-state index is 0.533. The lowest BCUT2D eigenvalue weighted by Gasteiger charge is -2.24. The summed E-state index contributed by atoms with van der Waals surface area (Å²) in [6.07, 6.45) is 0. The predicted molar refractivity (Wildman–Crippen MR) is 88.9 cm³/mol. The summed E-state index contributed by atoms with van der Waals surface area (Å²) >= 11 is 5.76. The van der Waals surface area contributed by atoms with Gasteiger partial charge in [0, 0.05) is 10.6 Å². The average molecular weight is 348 g/mol. The molecule has 22 heavy (non-hydrogen) atoms. The first kappa shape index (κ1) is 17.4.